The zero-order chi connectivity index (χ0) is 13.8. The van der Waals surface area contributed by atoms with Crippen LogP contribution in [0.2, 0.25) is 0 Å². The van der Waals surface area contributed by atoms with Crippen LogP contribution in [0.25, 0.3) is 0 Å². The number of pyridine rings is 1. The number of nitrogens with one attached hydrogen (secondary N) is 2. The Labute approximate surface area is 132 Å². The highest BCUT2D eigenvalue weighted by molar-refractivity contribution is 7.07. The van der Waals surface area contributed by atoms with Gasteiger partial charge in [-0.25, -0.2) is 4.98 Å². The van der Waals surface area contributed by atoms with Gasteiger partial charge in [-0.2, -0.15) is 0 Å². The van der Waals surface area contributed by atoms with E-state index < -0.39 is 0 Å². The molecule has 0 bridgehead atoms. The highest BCUT2D eigenvalue weighted by Gasteiger charge is 2.12. The van der Waals surface area contributed by atoms with Gasteiger partial charge in [0.1, 0.15) is 10.7 Å². The van der Waals surface area contributed by atoms with E-state index in [4.69, 9.17) is 0 Å². The molecule has 0 radical (unpaired) electrons. The molecule has 2 aromatic rings. The van der Waals surface area contributed by atoms with Crippen molar-refractivity contribution >= 4 is 41.4 Å². The maximum absolute atomic E-state index is 11.8. The smallest absolute Gasteiger partial charge is 0.270 e. The summed E-state index contributed by atoms with van der Waals surface area (Å²) < 4.78 is 3.66. The largest absolute Gasteiger partial charge is 0.368 e. The molecule has 0 aromatic carbocycles. The minimum absolute atomic E-state index is 0. The summed E-state index contributed by atoms with van der Waals surface area (Å²) >= 11 is 1.06. The van der Waals surface area contributed by atoms with Crippen molar-refractivity contribution in [1.29, 1.82) is 0 Å². The van der Waals surface area contributed by atoms with Gasteiger partial charge in [0.15, 0.2) is 0 Å². The third-order valence-corrected chi connectivity index (χ3v) is 3.72. The molecule has 0 atom stereocenters. The van der Waals surface area contributed by atoms with Gasteiger partial charge < -0.3 is 15.5 Å². The molecule has 3 rings (SSSR count). The Balaban J connectivity index is 0.00000161. The summed E-state index contributed by atoms with van der Waals surface area (Å²) in [5.41, 5.74) is 1.07. The minimum atomic E-state index is -0.234. The quantitative estimate of drug-likeness (QED) is 0.876. The number of carbonyl (C=O) groups is 1. The van der Waals surface area contributed by atoms with E-state index in [0.29, 0.717) is 10.7 Å². The van der Waals surface area contributed by atoms with E-state index in [0.717, 1.165) is 43.4 Å². The molecule has 0 saturated carbocycles. The molecule has 112 valence electrons. The minimum Gasteiger partial charge on any atom is -0.368 e. The molecule has 1 aliphatic heterocycles. The maximum atomic E-state index is 11.8. The van der Waals surface area contributed by atoms with E-state index in [1.54, 1.807) is 6.20 Å². The number of hydrogen-bond acceptors (Lipinski definition) is 7. The molecule has 1 amide bonds. The summed E-state index contributed by atoms with van der Waals surface area (Å²) in [6, 6.07) is 3.78. The third-order valence-electron chi connectivity index (χ3n) is 3.06. The van der Waals surface area contributed by atoms with Crippen molar-refractivity contribution in [2.45, 2.75) is 0 Å². The lowest BCUT2D eigenvalue weighted by Crippen LogP contribution is -2.43. The van der Waals surface area contributed by atoms with Crippen molar-refractivity contribution in [3.05, 3.63) is 29.4 Å². The number of rotatable bonds is 3. The molecular formula is C12H15ClN6OS. The van der Waals surface area contributed by atoms with Gasteiger partial charge in [0, 0.05) is 26.2 Å². The normalized spacial score (nSPS) is 14.4. The van der Waals surface area contributed by atoms with Crippen molar-refractivity contribution in [3.8, 4) is 0 Å². The first kappa shape index (κ1) is 15.6. The van der Waals surface area contributed by atoms with Crippen molar-refractivity contribution in [2.75, 3.05) is 36.4 Å². The highest BCUT2D eigenvalue weighted by Crippen LogP contribution is 2.16. The SMILES string of the molecule is Cl.O=C(Nc1ccc(N2CCNCC2)cn1)c1cnns1. The average molecular weight is 327 g/mol. The van der Waals surface area contributed by atoms with Crippen LogP contribution in [0.15, 0.2) is 24.5 Å². The third kappa shape index (κ3) is 3.87. The zero-order valence-electron chi connectivity index (χ0n) is 11.2. The number of piperazine rings is 1. The van der Waals surface area contributed by atoms with E-state index in [1.807, 2.05) is 12.1 Å². The maximum Gasteiger partial charge on any atom is 0.270 e. The molecular weight excluding hydrogens is 312 g/mol. The van der Waals surface area contributed by atoms with Crippen molar-refractivity contribution in [3.63, 3.8) is 0 Å². The lowest BCUT2D eigenvalue weighted by Gasteiger charge is -2.29. The predicted octanol–water partition coefficient (Wildman–Crippen LogP) is 1.02. The van der Waals surface area contributed by atoms with Gasteiger partial charge in [0.05, 0.1) is 18.1 Å². The molecule has 1 aliphatic rings. The first-order valence-electron chi connectivity index (χ1n) is 6.33. The number of halogens is 1. The molecule has 1 saturated heterocycles. The Morgan fingerprint density at radius 3 is 2.71 bits per heavy atom. The Morgan fingerprint density at radius 1 is 1.29 bits per heavy atom. The molecule has 0 unspecified atom stereocenters. The molecule has 2 N–H and O–H groups in total. The van der Waals surface area contributed by atoms with Crippen LogP contribution in [0.1, 0.15) is 9.67 Å². The first-order valence-corrected chi connectivity index (χ1v) is 7.11. The fraction of sp³-hybridized carbons (Fsp3) is 0.333. The fourth-order valence-corrected chi connectivity index (χ4v) is 2.43. The summed E-state index contributed by atoms with van der Waals surface area (Å²) in [6.07, 6.45) is 3.22. The monoisotopic (exact) mass is 326 g/mol. The van der Waals surface area contributed by atoms with Gasteiger partial charge in [0.25, 0.3) is 5.91 Å². The summed E-state index contributed by atoms with van der Waals surface area (Å²) in [7, 11) is 0. The molecule has 3 heterocycles. The molecule has 7 nitrogen and oxygen atoms in total. The van der Waals surface area contributed by atoms with Crippen molar-refractivity contribution in [2.24, 2.45) is 0 Å². The van der Waals surface area contributed by atoms with Gasteiger partial charge in [-0.1, -0.05) is 4.49 Å². The van der Waals surface area contributed by atoms with Crippen LogP contribution >= 0.6 is 23.9 Å². The van der Waals surface area contributed by atoms with Gasteiger partial charge in [-0.15, -0.1) is 17.5 Å². The Hall–Kier alpha value is -1.77. The van der Waals surface area contributed by atoms with E-state index >= 15 is 0 Å². The number of carbonyl (C=O) groups excluding carboxylic acids is 1. The van der Waals surface area contributed by atoms with E-state index in [-0.39, 0.29) is 18.3 Å². The molecule has 21 heavy (non-hydrogen) atoms. The number of hydrogen-bond donors (Lipinski definition) is 2. The second-order valence-electron chi connectivity index (χ2n) is 4.37. The number of anilines is 2. The second-order valence-corrected chi connectivity index (χ2v) is 5.16. The Kier molecular flexibility index (Phi) is 5.43. The average Bonchev–Trinajstić information content (AvgIpc) is 3.03. The lowest BCUT2D eigenvalue weighted by atomic mass is 10.3. The standard InChI is InChI=1S/C12H14N6OS.ClH/c19-12(10-8-15-17-20-10)16-11-2-1-9(7-14-11)18-5-3-13-4-6-18;/h1-2,7-8,13H,3-6H2,(H,14,16,19);1H. The van der Waals surface area contributed by atoms with Crippen LogP contribution in [0.4, 0.5) is 11.5 Å². The topological polar surface area (TPSA) is 83.0 Å². The highest BCUT2D eigenvalue weighted by atomic mass is 35.5. The van der Waals surface area contributed by atoms with Crippen LogP contribution in [0.5, 0.6) is 0 Å². The molecule has 0 aliphatic carbocycles. The number of aromatic nitrogens is 3. The summed E-state index contributed by atoms with van der Waals surface area (Å²) in [5, 5.41) is 9.67. The summed E-state index contributed by atoms with van der Waals surface area (Å²) in [6.45, 7) is 3.91. The molecule has 0 spiro atoms. The van der Waals surface area contributed by atoms with E-state index in [1.165, 1.54) is 6.20 Å². The summed E-state index contributed by atoms with van der Waals surface area (Å²) in [5.74, 6) is 0.296. The van der Waals surface area contributed by atoms with Crippen LogP contribution in [0, 0.1) is 0 Å². The molecule has 1 fully saturated rings. The molecule has 2 aromatic heterocycles. The van der Waals surface area contributed by atoms with E-state index in [2.05, 4.69) is 30.1 Å². The number of amides is 1. The second kappa shape index (κ2) is 7.30. The van der Waals surface area contributed by atoms with Gasteiger partial charge in [-0.3, -0.25) is 4.79 Å². The van der Waals surface area contributed by atoms with Crippen LogP contribution in [0.3, 0.4) is 0 Å². The summed E-state index contributed by atoms with van der Waals surface area (Å²) in [4.78, 5) is 18.8. The van der Waals surface area contributed by atoms with Gasteiger partial charge >= 0.3 is 0 Å². The number of nitrogens with zero attached hydrogens (tertiary/aromatic N) is 4. The van der Waals surface area contributed by atoms with Crippen molar-refractivity contribution in [1.82, 2.24) is 19.9 Å². The van der Waals surface area contributed by atoms with E-state index in [9.17, 15) is 4.79 Å². The lowest BCUT2D eigenvalue weighted by molar-refractivity contribution is 0.103. The predicted molar refractivity (Wildman–Crippen MR) is 84.4 cm³/mol. The first-order chi connectivity index (χ1) is 9.83. The zero-order valence-corrected chi connectivity index (χ0v) is 12.8. The van der Waals surface area contributed by atoms with Crippen molar-refractivity contribution < 1.29 is 4.79 Å². The fourth-order valence-electron chi connectivity index (χ4n) is 2.02. The van der Waals surface area contributed by atoms with Crippen LogP contribution in [-0.2, 0) is 0 Å². The van der Waals surface area contributed by atoms with Crippen LogP contribution in [-0.4, -0.2) is 46.7 Å². The van der Waals surface area contributed by atoms with Gasteiger partial charge in [0.2, 0.25) is 0 Å². The van der Waals surface area contributed by atoms with Crippen LogP contribution < -0.4 is 15.5 Å². The molecule has 9 heteroatoms. The van der Waals surface area contributed by atoms with Gasteiger partial charge in [-0.05, 0) is 23.7 Å². The Bertz CT molecular complexity index is 570. The Morgan fingerprint density at radius 2 is 2.10 bits per heavy atom.